The average Bonchev–Trinajstić information content (AvgIpc) is 2.86. The molecule has 0 bridgehead atoms. The third-order valence-corrected chi connectivity index (χ3v) is 2.64. The van der Waals surface area contributed by atoms with E-state index in [4.69, 9.17) is 4.74 Å². The summed E-state index contributed by atoms with van der Waals surface area (Å²) in [6.45, 7) is 0.863. The quantitative estimate of drug-likeness (QED) is 0.746. The molecule has 0 saturated carbocycles. The monoisotopic (exact) mass is 188 g/mol. The van der Waals surface area contributed by atoms with E-state index in [1.54, 1.807) is 0 Å². The zero-order valence-electron chi connectivity index (χ0n) is 7.86. The molecule has 1 aromatic carbocycles. The van der Waals surface area contributed by atoms with Crippen molar-refractivity contribution in [2.45, 2.75) is 18.9 Å². The molecule has 1 saturated heterocycles. The van der Waals surface area contributed by atoms with Gasteiger partial charge in [-0.3, -0.25) is 0 Å². The van der Waals surface area contributed by atoms with Crippen molar-refractivity contribution in [3.8, 4) is 0 Å². The molecule has 1 N–H and O–H groups in total. The van der Waals surface area contributed by atoms with E-state index in [9.17, 15) is 0 Å². The van der Waals surface area contributed by atoms with Gasteiger partial charge in [-0.2, -0.15) is 0 Å². The van der Waals surface area contributed by atoms with Crippen molar-refractivity contribution in [3.63, 3.8) is 0 Å². The highest BCUT2D eigenvalue weighted by Gasteiger charge is 2.20. The average molecular weight is 188 g/mol. The van der Waals surface area contributed by atoms with Gasteiger partial charge in [0.2, 0.25) is 0 Å². The van der Waals surface area contributed by atoms with E-state index in [0.29, 0.717) is 0 Å². The molecule has 3 heteroatoms. The number of imidazole rings is 1. The molecular formula is C11H12N2O. The van der Waals surface area contributed by atoms with Crippen LogP contribution in [0.25, 0.3) is 11.0 Å². The second-order valence-electron chi connectivity index (χ2n) is 3.64. The van der Waals surface area contributed by atoms with Gasteiger partial charge in [0, 0.05) is 6.61 Å². The van der Waals surface area contributed by atoms with Gasteiger partial charge < -0.3 is 9.72 Å². The molecule has 3 rings (SSSR count). The van der Waals surface area contributed by atoms with E-state index in [-0.39, 0.29) is 6.10 Å². The Labute approximate surface area is 82.1 Å². The van der Waals surface area contributed by atoms with Crippen molar-refractivity contribution >= 4 is 11.0 Å². The Morgan fingerprint density at radius 2 is 2.29 bits per heavy atom. The molecule has 0 amide bonds. The van der Waals surface area contributed by atoms with Crippen LogP contribution in [0.3, 0.4) is 0 Å². The maximum atomic E-state index is 5.57. The van der Waals surface area contributed by atoms with E-state index in [2.05, 4.69) is 9.97 Å². The van der Waals surface area contributed by atoms with Gasteiger partial charge in [0.15, 0.2) is 0 Å². The zero-order chi connectivity index (χ0) is 9.38. The Morgan fingerprint density at radius 3 is 3.07 bits per heavy atom. The second kappa shape index (κ2) is 3.10. The second-order valence-corrected chi connectivity index (χ2v) is 3.64. The predicted molar refractivity (Wildman–Crippen MR) is 54.0 cm³/mol. The summed E-state index contributed by atoms with van der Waals surface area (Å²) in [5.41, 5.74) is 2.12. The van der Waals surface area contributed by atoms with Gasteiger partial charge in [-0.05, 0) is 25.0 Å². The molecule has 1 aliphatic rings. The van der Waals surface area contributed by atoms with Gasteiger partial charge in [-0.1, -0.05) is 12.1 Å². The number of ether oxygens (including phenoxy) is 1. The molecule has 0 aliphatic carbocycles. The Morgan fingerprint density at radius 1 is 1.36 bits per heavy atom. The molecule has 1 atom stereocenters. The van der Waals surface area contributed by atoms with Crippen LogP contribution in [0.4, 0.5) is 0 Å². The van der Waals surface area contributed by atoms with E-state index >= 15 is 0 Å². The van der Waals surface area contributed by atoms with Gasteiger partial charge in [0.25, 0.3) is 0 Å². The van der Waals surface area contributed by atoms with Gasteiger partial charge in [0.05, 0.1) is 11.0 Å². The predicted octanol–water partition coefficient (Wildman–Crippen LogP) is 2.41. The maximum Gasteiger partial charge on any atom is 0.136 e. The Balaban J connectivity index is 2.05. The minimum absolute atomic E-state index is 0.183. The summed E-state index contributed by atoms with van der Waals surface area (Å²) in [5, 5.41) is 0. The van der Waals surface area contributed by atoms with Crippen LogP contribution >= 0.6 is 0 Å². The topological polar surface area (TPSA) is 37.9 Å². The molecule has 2 heterocycles. The standard InChI is InChI=1S/C11H12N2O/c1-2-5-9-8(4-1)12-11(13-9)10-6-3-7-14-10/h1-2,4-5,10H,3,6-7H2,(H,12,13)/t10-/m1/s1. The normalized spacial score (nSPS) is 21.9. The molecular weight excluding hydrogens is 176 g/mol. The Hall–Kier alpha value is -1.35. The Kier molecular flexibility index (Phi) is 1.77. The van der Waals surface area contributed by atoms with Crippen molar-refractivity contribution in [3.05, 3.63) is 30.1 Å². The fourth-order valence-corrected chi connectivity index (χ4v) is 1.92. The van der Waals surface area contributed by atoms with E-state index in [1.165, 1.54) is 0 Å². The number of hydrogen-bond donors (Lipinski definition) is 1. The molecule has 2 aromatic rings. The maximum absolute atomic E-state index is 5.57. The number of H-pyrrole nitrogens is 1. The third kappa shape index (κ3) is 1.21. The fraction of sp³-hybridized carbons (Fsp3) is 0.364. The Bertz CT molecular complexity index is 410. The summed E-state index contributed by atoms with van der Waals surface area (Å²) in [4.78, 5) is 7.82. The smallest absolute Gasteiger partial charge is 0.136 e. The van der Waals surface area contributed by atoms with E-state index < -0.39 is 0 Å². The summed E-state index contributed by atoms with van der Waals surface area (Å²) >= 11 is 0. The van der Waals surface area contributed by atoms with Crippen LogP contribution in [0, 0.1) is 0 Å². The molecule has 3 nitrogen and oxygen atoms in total. The lowest BCUT2D eigenvalue weighted by atomic mass is 10.2. The molecule has 0 radical (unpaired) electrons. The third-order valence-electron chi connectivity index (χ3n) is 2.64. The largest absolute Gasteiger partial charge is 0.370 e. The number of nitrogens with one attached hydrogen (secondary N) is 1. The number of benzene rings is 1. The van der Waals surface area contributed by atoms with Crippen LogP contribution in [-0.2, 0) is 4.74 Å². The summed E-state index contributed by atoms with van der Waals surface area (Å²) in [6.07, 6.45) is 2.41. The minimum atomic E-state index is 0.183. The van der Waals surface area contributed by atoms with Crippen molar-refractivity contribution in [2.24, 2.45) is 0 Å². The number of hydrogen-bond acceptors (Lipinski definition) is 2. The summed E-state index contributed by atoms with van der Waals surface area (Å²) < 4.78 is 5.57. The molecule has 1 aromatic heterocycles. The van der Waals surface area contributed by atoms with E-state index in [0.717, 1.165) is 36.3 Å². The van der Waals surface area contributed by atoms with Crippen LogP contribution < -0.4 is 0 Å². The lowest BCUT2D eigenvalue weighted by Crippen LogP contribution is -1.97. The van der Waals surface area contributed by atoms with Crippen LogP contribution in [0.2, 0.25) is 0 Å². The first kappa shape index (κ1) is 8.00. The summed E-state index contributed by atoms with van der Waals surface area (Å²) in [5.74, 6) is 0.976. The highest BCUT2D eigenvalue weighted by molar-refractivity contribution is 5.74. The van der Waals surface area contributed by atoms with Gasteiger partial charge in [-0.15, -0.1) is 0 Å². The van der Waals surface area contributed by atoms with Crippen LogP contribution in [0.5, 0.6) is 0 Å². The first-order valence-corrected chi connectivity index (χ1v) is 5.00. The molecule has 0 spiro atoms. The van der Waals surface area contributed by atoms with E-state index in [1.807, 2.05) is 24.3 Å². The number of aromatic nitrogens is 2. The number of fused-ring (bicyclic) bond motifs is 1. The van der Waals surface area contributed by atoms with Crippen molar-refractivity contribution in [1.29, 1.82) is 0 Å². The molecule has 0 unspecified atom stereocenters. The lowest BCUT2D eigenvalue weighted by molar-refractivity contribution is 0.106. The number of rotatable bonds is 1. The summed E-state index contributed by atoms with van der Waals surface area (Å²) in [6, 6.07) is 8.08. The first-order valence-electron chi connectivity index (χ1n) is 5.00. The van der Waals surface area contributed by atoms with Crippen LogP contribution in [0.1, 0.15) is 24.8 Å². The minimum Gasteiger partial charge on any atom is -0.370 e. The fourth-order valence-electron chi connectivity index (χ4n) is 1.92. The molecule has 14 heavy (non-hydrogen) atoms. The highest BCUT2D eigenvalue weighted by Crippen LogP contribution is 2.27. The van der Waals surface area contributed by atoms with Crippen LogP contribution in [0.15, 0.2) is 24.3 Å². The molecule has 1 fully saturated rings. The first-order chi connectivity index (χ1) is 6.93. The number of aromatic amines is 1. The zero-order valence-corrected chi connectivity index (χ0v) is 7.86. The highest BCUT2D eigenvalue weighted by atomic mass is 16.5. The molecule has 72 valence electrons. The number of para-hydroxylation sites is 2. The number of nitrogens with zero attached hydrogens (tertiary/aromatic N) is 1. The summed E-state index contributed by atoms with van der Waals surface area (Å²) in [7, 11) is 0. The van der Waals surface area contributed by atoms with Gasteiger partial charge in [0.1, 0.15) is 11.9 Å². The van der Waals surface area contributed by atoms with Crippen LogP contribution in [-0.4, -0.2) is 16.6 Å². The van der Waals surface area contributed by atoms with Crippen molar-refractivity contribution in [1.82, 2.24) is 9.97 Å². The van der Waals surface area contributed by atoms with Crippen molar-refractivity contribution < 1.29 is 4.74 Å². The SMILES string of the molecule is c1ccc2[nH]c([C@H]3CCCO3)nc2c1. The van der Waals surface area contributed by atoms with Gasteiger partial charge >= 0.3 is 0 Å². The van der Waals surface area contributed by atoms with Gasteiger partial charge in [-0.25, -0.2) is 4.98 Å². The van der Waals surface area contributed by atoms with Crippen molar-refractivity contribution in [2.75, 3.05) is 6.61 Å². The lowest BCUT2D eigenvalue weighted by Gasteiger charge is -2.03. The molecule has 1 aliphatic heterocycles.